The predicted octanol–water partition coefficient (Wildman–Crippen LogP) is 1.95. The van der Waals surface area contributed by atoms with Crippen LogP contribution in [0.25, 0.3) is 11.3 Å². The lowest BCUT2D eigenvalue weighted by Crippen LogP contribution is -1.86. The van der Waals surface area contributed by atoms with Gasteiger partial charge in [0.1, 0.15) is 0 Å². The van der Waals surface area contributed by atoms with Crippen molar-refractivity contribution < 1.29 is 9.26 Å². The minimum absolute atomic E-state index is 0.404. The number of rotatable bonds is 1. The molecule has 15 heavy (non-hydrogen) atoms. The molecular weight excluding hydrogens is 192 g/mol. The first-order valence-electron chi connectivity index (χ1n) is 4.75. The molecule has 0 fully saturated rings. The van der Waals surface area contributed by atoms with E-state index in [1.165, 1.54) is 11.1 Å². The van der Waals surface area contributed by atoms with Crippen molar-refractivity contribution in [2.45, 2.75) is 13.2 Å². The van der Waals surface area contributed by atoms with E-state index in [1.807, 2.05) is 12.1 Å². The van der Waals surface area contributed by atoms with E-state index in [4.69, 9.17) is 15.0 Å². The van der Waals surface area contributed by atoms with E-state index >= 15 is 0 Å². The number of ether oxygens (including phenoxy) is 1. The summed E-state index contributed by atoms with van der Waals surface area (Å²) in [4.78, 5) is 0. The van der Waals surface area contributed by atoms with Crippen LogP contribution in [-0.4, -0.2) is 5.16 Å². The van der Waals surface area contributed by atoms with Gasteiger partial charge in [-0.25, -0.2) is 0 Å². The van der Waals surface area contributed by atoms with Gasteiger partial charge in [0.25, 0.3) is 0 Å². The molecule has 1 aromatic carbocycles. The average molecular weight is 202 g/mol. The number of hydrogen-bond acceptors (Lipinski definition) is 4. The lowest BCUT2D eigenvalue weighted by molar-refractivity contribution is 0.134. The van der Waals surface area contributed by atoms with Crippen LogP contribution >= 0.6 is 0 Å². The Labute approximate surface area is 86.6 Å². The van der Waals surface area contributed by atoms with Gasteiger partial charge >= 0.3 is 0 Å². The Kier molecular flexibility index (Phi) is 1.76. The molecule has 0 amide bonds. The van der Waals surface area contributed by atoms with Gasteiger partial charge < -0.3 is 15.0 Å². The van der Waals surface area contributed by atoms with Gasteiger partial charge in [0.2, 0.25) is 0 Å². The third-order valence-corrected chi connectivity index (χ3v) is 2.57. The van der Waals surface area contributed by atoms with E-state index in [0.717, 1.165) is 5.56 Å². The maximum Gasteiger partial charge on any atom is 0.169 e. The Hall–Kier alpha value is -1.81. The van der Waals surface area contributed by atoms with E-state index in [0.29, 0.717) is 24.8 Å². The second kappa shape index (κ2) is 3.10. The number of nitrogens with two attached hydrogens (primary N) is 1. The third kappa shape index (κ3) is 1.30. The lowest BCUT2D eigenvalue weighted by Gasteiger charge is -2.02. The first-order chi connectivity index (χ1) is 7.34. The summed E-state index contributed by atoms with van der Waals surface area (Å²) in [6.07, 6.45) is 0. The summed E-state index contributed by atoms with van der Waals surface area (Å²) in [5, 5.41) is 3.68. The Morgan fingerprint density at radius 3 is 3.00 bits per heavy atom. The first-order valence-corrected chi connectivity index (χ1v) is 4.75. The molecule has 0 aliphatic carbocycles. The molecule has 2 aromatic rings. The van der Waals surface area contributed by atoms with Crippen molar-refractivity contribution >= 4 is 5.82 Å². The van der Waals surface area contributed by atoms with E-state index < -0.39 is 0 Å². The Bertz CT molecular complexity index is 505. The van der Waals surface area contributed by atoms with Crippen LogP contribution in [0, 0.1) is 0 Å². The predicted molar refractivity (Wildman–Crippen MR) is 54.8 cm³/mol. The quantitative estimate of drug-likeness (QED) is 0.767. The molecule has 3 rings (SSSR count). The second-order valence-electron chi connectivity index (χ2n) is 3.55. The molecule has 1 aliphatic rings. The van der Waals surface area contributed by atoms with E-state index in [2.05, 4.69) is 11.2 Å². The maximum absolute atomic E-state index is 5.53. The van der Waals surface area contributed by atoms with E-state index in [-0.39, 0.29) is 0 Å². The summed E-state index contributed by atoms with van der Waals surface area (Å²) in [6, 6.07) is 7.77. The summed E-state index contributed by atoms with van der Waals surface area (Å²) in [5.74, 6) is 1.11. The highest BCUT2D eigenvalue weighted by atomic mass is 16.5. The van der Waals surface area contributed by atoms with Crippen LogP contribution in [0.15, 0.2) is 28.8 Å². The van der Waals surface area contributed by atoms with Crippen molar-refractivity contribution in [3.63, 3.8) is 0 Å². The van der Waals surface area contributed by atoms with Gasteiger partial charge in [0.05, 0.1) is 13.2 Å². The fourth-order valence-electron chi connectivity index (χ4n) is 1.85. The molecule has 2 N–H and O–H groups in total. The zero-order valence-corrected chi connectivity index (χ0v) is 8.06. The maximum atomic E-state index is 5.53. The lowest BCUT2D eigenvalue weighted by atomic mass is 10.0. The molecule has 0 saturated carbocycles. The number of benzene rings is 1. The number of nitrogens with zero attached hydrogens (tertiary/aromatic N) is 1. The molecule has 0 unspecified atom stereocenters. The Morgan fingerprint density at radius 2 is 2.20 bits per heavy atom. The van der Waals surface area contributed by atoms with Crippen LogP contribution in [0.4, 0.5) is 5.82 Å². The summed E-state index contributed by atoms with van der Waals surface area (Å²) >= 11 is 0. The van der Waals surface area contributed by atoms with Gasteiger partial charge in [0.15, 0.2) is 11.6 Å². The Morgan fingerprint density at radius 1 is 1.27 bits per heavy atom. The van der Waals surface area contributed by atoms with Crippen LogP contribution in [0.2, 0.25) is 0 Å². The standard InChI is InChI=1S/C11H10N2O2/c12-11-4-10(15-13-11)8-3-1-2-7-5-14-6-9(7)8/h1-4H,5-6H2,(H2,12,13). The van der Waals surface area contributed by atoms with Crippen LogP contribution in [0.1, 0.15) is 11.1 Å². The van der Waals surface area contributed by atoms with Crippen molar-refractivity contribution in [3.8, 4) is 11.3 Å². The molecule has 0 radical (unpaired) electrons. The topological polar surface area (TPSA) is 61.3 Å². The van der Waals surface area contributed by atoms with Gasteiger partial charge in [-0.3, -0.25) is 0 Å². The summed E-state index contributed by atoms with van der Waals surface area (Å²) in [6.45, 7) is 1.30. The number of aromatic nitrogens is 1. The van der Waals surface area contributed by atoms with E-state index in [9.17, 15) is 0 Å². The highest BCUT2D eigenvalue weighted by Crippen LogP contribution is 2.31. The first kappa shape index (κ1) is 8.49. The fraction of sp³-hybridized carbons (Fsp3) is 0.182. The Balaban J connectivity index is 2.16. The van der Waals surface area contributed by atoms with Crippen molar-refractivity contribution in [3.05, 3.63) is 35.4 Å². The molecule has 4 heteroatoms. The largest absolute Gasteiger partial charge is 0.381 e. The minimum atomic E-state index is 0.404. The number of fused-ring (bicyclic) bond motifs is 1. The normalized spacial score (nSPS) is 14.1. The van der Waals surface area contributed by atoms with Crippen LogP contribution in [0.3, 0.4) is 0 Å². The van der Waals surface area contributed by atoms with Crippen LogP contribution in [-0.2, 0) is 18.0 Å². The molecule has 0 atom stereocenters. The summed E-state index contributed by atoms with van der Waals surface area (Å²) < 4.78 is 10.5. The van der Waals surface area contributed by atoms with Gasteiger partial charge in [-0.05, 0) is 11.1 Å². The van der Waals surface area contributed by atoms with E-state index in [1.54, 1.807) is 6.07 Å². The van der Waals surface area contributed by atoms with Gasteiger partial charge in [0, 0.05) is 11.6 Å². The number of anilines is 1. The number of nitrogen functional groups attached to an aromatic ring is 1. The van der Waals surface area contributed by atoms with Crippen molar-refractivity contribution in [1.82, 2.24) is 5.16 Å². The van der Waals surface area contributed by atoms with Crippen LogP contribution < -0.4 is 5.73 Å². The average Bonchev–Trinajstić information content (AvgIpc) is 2.84. The minimum Gasteiger partial charge on any atom is -0.381 e. The molecule has 0 spiro atoms. The second-order valence-corrected chi connectivity index (χ2v) is 3.55. The van der Waals surface area contributed by atoms with Gasteiger partial charge in [-0.2, -0.15) is 0 Å². The third-order valence-electron chi connectivity index (χ3n) is 2.57. The van der Waals surface area contributed by atoms with Crippen LogP contribution in [0.5, 0.6) is 0 Å². The van der Waals surface area contributed by atoms with Gasteiger partial charge in [-0.1, -0.05) is 23.4 Å². The van der Waals surface area contributed by atoms with Crippen molar-refractivity contribution in [1.29, 1.82) is 0 Å². The zero-order chi connectivity index (χ0) is 10.3. The monoisotopic (exact) mass is 202 g/mol. The SMILES string of the molecule is Nc1cc(-c2cccc3c2COC3)on1. The van der Waals surface area contributed by atoms with Crippen molar-refractivity contribution in [2.75, 3.05) is 5.73 Å². The molecule has 4 nitrogen and oxygen atoms in total. The fourth-order valence-corrected chi connectivity index (χ4v) is 1.85. The zero-order valence-electron chi connectivity index (χ0n) is 8.06. The summed E-state index contributed by atoms with van der Waals surface area (Å²) in [7, 11) is 0. The van der Waals surface area contributed by atoms with Gasteiger partial charge in [-0.15, -0.1) is 0 Å². The smallest absolute Gasteiger partial charge is 0.169 e. The number of hydrogen-bond donors (Lipinski definition) is 1. The van der Waals surface area contributed by atoms with Crippen molar-refractivity contribution in [2.24, 2.45) is 0 Å². The molecule has 2 heterocycles. The molecule has 1 aromatic heterocycles. The molecular formula is C11H10N2O2. The molecule has 76 valence electrons. The highest BCUT2D eigenvalue weighted by Gasteiger charge is 2.17. The molecule has 0 bridgehead atoms. The molecule has 0 saturated heterocycles. The summed E-state index contributed by atoms with van der Waals surface area (Å²) in [5.41, 5.74) is 8.93. The highest BCUT2D eigenvalue weighted by molar-refractivity contribution is 5.66. The molecule has 1 aliphatic heterocycles.